The highest BCUT2D eigenvalue weighted by Crippen LogP contribution is 2.62. The van der Waals surface area contributed by atoms with Gasteiger partial charge in [0.1, 0.15) is 42.3 Å². The maximum absolute atomic E-state index is 14.9. The van der Waals surface area contributed by atoms with E-state index in [4.69, 9.17) is 47.9 Å². The second-order valence-corrected chi connectivity index (χ2v) is 18.7. The number of ether oxygens (including phenoxy) is 8. The second kappa shape index (κ2) is 28.9. The lowest BCUT2D eigenvalue weighted by Gasteiger charge is -2.59. The monoisotopic (exact) mass is 1070 g/mol. The molecule has 0 aromatic heterocycles. The average Bonchev–Trinajstić information content (AvgIpc) is 3.58. The maximum atomic E-state index is 14.9. The Balaban J connectivity index is 1.35. The molecule has 6 atom stereocenters. The summed E-state index contributed by atoms with van der Waals surface area (Å²) in [5, 5.41) is 48.9. The fraction of sp³-hybridized carbons (Fsp3) is 0.456. The Kier molecular flexibility index (Phi) is 21.6. The third-order valence-corrected chi connectivity index (χ3v) is 13.9. The minimum Gasteiger partial charge on any atom is -0.497 e. The minimum absolute atomic E-state index is 0.00282. The Labute approximate surface area is 448 Å². The fourth-order valence-electron chi connectivity index (χ4n) is 10.5. The molecule has 4 aromatic carbocycles. The molecule has 0 unspecified atom stereocenters. The van der Waals surface area contributed by atoms with E-state index < -0.39 is 40.8 Å². The number of benzene rings is 4. The molecule has 1 heterocycles. The molecular formula is C57H70N4O16. The molecule has 20 nitrogen and oxygen atoms in total. The molecule has 1 fully saturated rings. The van der Waals surface area contributed by atoms with Crippen molar-refractivity contribution in [2.24, 2.45) is 22.9 Å². The van der Waals surface area contributed by atoms with E-state index in [1.807, 2.05) is 30.3 Å². The van der Waals surface area contributed by atoms with E-state index in [-0.39, 0.29) is 95.7 Å². The van der Waals surface area contributed by atoms with Gasteiger partial charge in [-0.25, -0.2) is 9.59 Å². The number of oxime groups is 1. The Hall–Kier alpha value is -7.07. The van der Waals surface area contributed by atoms with Crippen molar-refractivity contribution in [3.05, 3.63) is 142 Å². The topological polar surface area (TPSA) is 249 Å². The van der Waals surface area contributed by atoms with Gasteiger partial charge < -0.3 is 58.1 Å². The molecule has 1 aliphatic heterocycles. The number of nitro benzene ring substituents is 1. The number of non-ortho nitro benzene ring substituents is 1. The van der Waals surface area contributed by atoms with Crippen LogP contribution in [-0.2, 0) is 37.0 Å². The zero-order valence-electron chi connectivity index (χ0n) is 43.6. The standard InChI is InChI=1S/C57H70N4O16/c1-4-28-74-57-52(60(24-29-71-30-27-64)56(66)73-32-31-72-37-39-12-6-5-7-13-39)36-49(59-75-38-40-16-18-42(19-17-40)61(67)68)46-33-41(14-8-10-25-62)45(15-9-11-26-63)53(54(46)57)47-34-44(21-23-50(47)77-57)76-55(65)58-48-22-20-43(69-2)35-51(48)70-3/h4-7,12-13,16-23,33-35,41,45,52-54,62-64H,1,8-11,14-15,24-32,36-38H2,2-3H3,(H,58,65)/t41-,45+,52-,53+,54+,57+/m0/s1. The molecule has 3 aliphatic rings. The number of nitro groups is 1. The lowest BCUT2D eigenvalue weighted by molar-refractivity contribution is -0.384. The minimum atomic E-state index is -1.69. The summed E-state index contributed by atoms with van der Waals surface area (Å²) < 4.78 is 48.9. The van der Waals surface area contributed by atoms with Crippen molar-refractivity contribution in [1.82, 2.24) is 4.90 Å². The number of carbonyl (C=O) groups is 2. The van der Waals surface area contributed by atoms with Gasteiger partial charge in [-0.15, -0.1) is 6.58 Å². The van der Waals surface area contributed by atoms with E-state index in [1.165, 1.54) is 31.3 Å². The lowest BCUT2D eigenvalue weighted by atomic mass is 9.55. The summed E-state index contributed by atoms with van der Waals surface area (Å²) in [4.78, 5) is 47.2. The van der Waals surface area contributed by atoms with Gasteiger partial charge >= 0.3 is 12.2 Å². The van der Waals surface area contributed by atoms with E-state index in [0.717, 1.165) is 11.1 Å². The number of nitrogens with one attached hydrogen (secondary N) is 1. The maximum Gasteiger partial charge on any atom is 0.417 e. The predicted octanol–water partition coefficient (Wildman–Crippen LogP) is 8.72. The number of amides is 2. The van der Waals surface area contributed by atoms with Gasteiger partial charge in [-0.3, -0.25) is 20.3 Å². The molecule has 0 saturated heterocycles. The number of aliphatic hydroxyl groups is 3. The Morgan fingerprint density at radius 1 is 0.857 bits per heavy atom. The van der Waals surface area contributed by atoms with E-state index in [9.17, 15) is 35.0 Å². The second-order valence-electron chi connectivity index (χ2n) is 18.7. The van der Waals surface area contributed by atoms with Gasteiger partial charge in [-0.05, 0) is 96.7 Å². The van der Waals surface area contributed by atoms with Crippen LogP contribution >= 0.6 is 0 Å². The number of nitrogens with zero attached hydrogens (tertiary/aromatic N) is 3. The summed E-state index contributed by atoms with van der Waals surface area (Å²) in [7, 11) is 3.00. The molecule has 4 N–H and O–H groups in total. The molecule has 77 heavy (non-hydrogen) atoms. The zero-order valence-corrected chi connectivity index (χ0v) is 43.6. The van der Waals surface area contributed by atoms with Crippen LogP contribution in [0.15, 0.2) is 120 Å². The number of unbranched alkanes of at least 4 members (excludes halogenated alkanes) is 2. The fourth-order valence-corrected chi connectivity index (χ4v) is 10.5. The summed E-state index contributed by atoms with van der Waals surface area (Å²) in [5.74, 6) is -1.75. The van der Waals surface area contributed by atoms with Crippen molar-refractivity contribution in [2.45, 2.75) is 75.9 Å². The summed E-state index contributed by atoms with van der Waals surface area (Å²) in [6.07, 6.45) is 6.00. The first-order valence-corrected chi connectivity index (χ1v) is 26.0. The highest BCUT2D eigenvalue weighted by Gasteiger charge is 2.65. The highest BCUT2D eigenvalue weighted by molar-refractivity contribution is 6.03. The van der Waals surface area contributed by atoms with Crippen molar-refractivity contribution in [2.75, 3.05) is 78.9 Å². The molecule has 1 saturated carbocycles. The number of hydrogen-bond donors (Lipinski definition) is 4. The van der Waals surface area contributed by atoms with Gasteiger partial charge in [0.2, 0.25) is 5.79 Å². The number of methoxy groups -OCH3 is 2. The highest BCUT2D eigenvalue weighted by atomic mass is 16.7. The summed E-state index contributed by atoms with van der Waals surface area (Å²) in [6, 6.07) is 24.6. The number of hydrogen-bond acceptors (Lipinski definition) is 17. The number of carbonyl (C=O) groups excluding carboxylic acids is 2. The van der Waals surface area contributed by atoms with Gasteiger partial charge in [0.15, 0.2) is 0 Å². The predicted molar refractivity (Wildman–Crippen MR) is 284 cm³/mol. The molecule has 2 amide bonds. The molecule has 2 aliphatic carbocycles. The first-order chi connectivity index (χ1) is 37.6. The van der Waals surface area contributed by atoms with Crippen LogP contribution in [0.1, 0.15) is 67.6 Å². The van der Waals surface area contributed by atoms with Crippen molar-refractivity contribution < 1.29 is 72.6 Å². The number of aliphatic hydroxyl groups excluding tert-OH is 3. The zero-order chi connectivity index (χ0) is 54.6. The number of allylic oxidation sites excluding steroid dienone is 1. The van der Waals surface area contributed by atoms with Crippen LogP contribution in [0.4, 0.5) is 21.0 Å². The van der Waals surface area contributed by atoms with Crippen LogP contribution in [0.2, 0.25) is 0 Å². The Bertz CT molecular complexity index is 2630. The molecule has 0 radical (unpaired) electrons. The molecule has 414 valence electrons. The van der Waals surface area contributed by atoms with Crippen molar-refractivity contribution >= 4 is 29.3 Å². The molecular weight excluding hydrogens is 997 g/mol. The Morgan fingerprint density at radius 2 is 1.61 bits per heavy atom. The molecule has 20 heteroatoms. The summed E-state index contributed by atoms with van der Waals surface area (Å²) >= 11 is 0. The summed E-state index contributed by atoms with van der Waals surface area (Å²) in [6.45, 7) is 3.92. The molecule has 0 spiro atoms. The van der Waals surface area contributed by atoms with E-state index in [2.05, 4.69) is 18.0 Å². The lowest BCUT2D eigenvalue weighted by Crippen LogP contribution is -2.70. The normalized spacial score (nSPS) is 20.6. The van der Waals surface area contributed by atoms with Crippen LogP contribution in [-0.4, -0.2) is 128 Å². The first-order valence-electron chi connectivity index (χ1n) is 26.0. The smallest absolute Gasteiger partial charge is 0.417 e. The van der Waals surface area contributed by atoms with Gasteiger partial charge in [-0.1, -0.05) is 60.5 Å². The molecule has 7 rings (SSSR count). The van der Waals surface area contributed by atoms with Crippen LogP contribution < -0.4 is 24.3 Å². The van der Waals surface area contributed by atoms with Crippen LogP contribution in [0, 0.1) is 27.9 Å². The third kappa shape index (κ3) is 14.7. The quantitative estimate of drug-likeness (QED) is 0.0165. The first kappa shape index (κ1) is 57.6. The number of fused-ring (bicyclic) bond motifs is 2. The number of rotatable bonds is 30. The van der Waals surface area contributed by atoms with E-state index >= 15 is 0 Å². The van der Waals surface area contributed by atoms with Gasteiger partial charge in [0.25, 0.3) is 5.69 Å². The van der Waals surface area contributed by atoms with Crippen LogP contribution in [0.25, 0.3) is 0 Å². The van der Waals surface area contributed by atoms with Crippen molar-refractivity contribution in [1.29, 1.82) is 0 Å². The average molecular weight is 1070 g/mol. The summed E-state index contributed by atoms with van der Waals surface area (Å²) in [5.41, 5.74) is 3.73. The van der Waals surface area contributed by atoms with Crippen molar-refractivity contribution in [3.8, 4) is 23.0 Å². The third-order valence-electron chi connectivity index (χ3n) is 13.9. The largest absolute Gasteiger partial charge is 0.497 e. The van der Waals surface area contributed by atoms with Gasteiger partial charge in [0, 0.05) is 55.9 Å². The van der Waals surface area contributed by atoms with Gasteiger partial charge in [0.05, 0.1) is 76.1 Å². The molecule has 0 bridgehead atoms. The van der Waals surface area contributed by atoms with E-state index in [0.29, 0.717) is 84.9 Å². The van der Waals surface area contributed by atoms with E-state index in [1.54, 1.807) is 54.6 Å². The van der Waals surface area contributed by atoms with Gasteiger partial charge in [-0.2, -0.15) is 0 Å². The SMILES string of the molecule is C=CCO[C@@]12Oc3ccc(OC(=O)Nc4ccc(OC)cc4OC)cc3[C@H]3[C@H](CCCCO)[C@@H](CCCCO)C=C(C(=NOCc4ccc([N+](=O)[O-])cc4)C[C@@H]1N(CCOCCO)C(=O)OCCOCc1ccccc1)[C@H]32. The number of anilines is 1. The van der Waals surface area contributed by atoms with Crippen LogP contribution in [0.3, 0.4) is 0 Å². The van der Waals surface area contributed by atoms with Crippen LogP contribution in [0.5, 0.6) is 23.0 Å². The van der Waals surface area contributed by atoms with Crippen molar-refractivity contribution in [3.63, 3.8) is 0 Å². The Morgan fingerprint density at radius 3 is 2.32 bits per heavy atom. The molecule has 4 aromatic rings.